The van der Waals surface area contributed by atoms with E-state index in [2.05, 4.69) is 34.6 Å². The third-order valence-electron chi connectivity index (χ3n) is 4.83. The van der Waals surface area contributed by atoms with Crippen LogP contribution in [0.1, 0.15) is 12.8 Å². The van der Waals surface area contributed by atoms with Gasteiger partial charge in [0, 0.05) is 44.1 Å². The Hall–Kier alpha value is -1.26. The molecule has 1 aromatic rings. The lowest BCUT2D eigenvalue weighted by molar-refractivity contribution is -0.00491. The molecule has 0 aromatic heterocycles. The van der Waals surface area contributed by atoms with Crippen molar-refractivity contribution < 1.29 is 14.2 Å². The number of methoxy groups -OCH3 is 2. The van der Waals surface area contributed by atoms with Crippen LogP contribution in [0.15, 0.2) is 23.2 Å². The van der Waals surface area contributed by atoms with Gasteiger partial charge in [-0.25, -0.2) is 0 Å². The molecule has 2 rings (SSSR count). The fourth-order valence-corrected chi connectivity index (χ4v) is 3.01. The van der Waals surface area contributed by atoms with Gasteiger partial charge in [-0.3, -0.25) is 4.99 Å². The summed E-state index contributed by atoms with van der Waals surface area (Å²) >= 11 is 0. The number of benzene rings is 1. The average Bonchev–Trinajstić information content (AvgIpc) is 2.65. The fourth-order valence-electron chi connectivity index (χ4n) is 3.01. The molecule has 0 unspecified atom stereocenters. The smallest absolute Gasteiger partial charge is 0.195 e. The summed E-state index contributed by atoms with van der Waals surface area (Å²) in [6, 6.07) is 5.69. The maximum atomic E-state index is 5.52. The van der Waals surface area contributed by atoms with E-state index in [4.69, 9.17) is 14.2 Å². The first kappa shape index (κ1) is 22.8. The number of ether oxygens (including phenoxy) is 3. The van der Waals surface area contributed by atoms with Crippen molar-refractivity contribution in [1.29, 1.82) is 0 Å². The zero-order chi connectivity index (χ0) is 18.3. The highest BCUT2D eigenvalue weighted by molar-refractivity contribution is 14.0. The molecule has 1 fully saturated rings. The number of likely N-dealkylation sites (N-methyl/N-ethyl adjacent to an activating group) is 1. The molecule has 1 heterocycles. The molecule has 0 aliphatic carbocycles. The fraction of sp³-hybridized carbons (Fsp3) is 0.611. The molecular formula is C18H31IN4O3. The molecule has 1 saturated heterocycles. The van der Waals surface area contributed by atoms with Gasteiger partial charge in [0.05, 0.1) is 14.2 Å². The average molecular weight is 478 g/mol. The largest absolute Gasteiger partial charge is 0.493 e. The van der Waals surface area contributed by atoms with E-state index >= 15 is 0 Å². The van der Waals surface area contributed by atoms with E-state index in [0.717, 1.165) is 44.2 Å². The number of rotatable bonds is 6. The number of aliphatic imine (C=N–C) groups is 1. The number of hydrogen-bond acceptors (Lipinski definition) is 5. The molecule has 1 aliphatic rings. The minimum Gasteiger partial charge on any atom is -0.493 e. The third kappa shape index (κ3) is 5.62. The van der Waals surface area contributed by atoms with Crippen LogP contribution in [0.2, 0.25) is 0 Å². The third-order valence-corrected chi connectivity index (χ3v) is 4.83. The Morgan fingerprint density at radius 2 is 1.85 bits per heavy atom. The monoisotopic (exact) mass is 478 g/mol. The Bertz CT molecular complexity index is 590. The predicted molar refractivity (Wildman–Crippen MR) is 116 cm³/mol. The van der Waals surface area contributed by atoms with Gasteiger partial charge in [-0.05, 0) is 39.1 Å². The summed E-state index contributed by atoms with van der Waals surface area (Å²) in [6.07, 6.45) is 2.00. The van der Waals surface area contributed by atoms with Gasteiger partial charge in [0.15, 0.2) is 17.5 Å². The molecule has 0 amide bonds. The summed E-state index contributed by atoms with van der Waals surface area (Å²) in [4.78, 5) is 6.61. The first-order chi connectivity index (χ1) is 12.0. The molecule has 0 atom stereocenters. The summed E-state index contributed by atoms with van der Waals surface area (Å²) in [6.45, 7) is 2.39. The number of anilines is 1. The molecule has 2 N–H and O–H groups in total. The molecule has 1 aliphatic heterocycles. The number of nitrogens with zero attached hydrogens (tertiary/aromatic N) is 2. The predicted octanol–water partition coefficient (Wildman–Crippen LogP) is 2.42. The second kappa shape index (κ2) is 10.8. The van der Waals surface area contributed by atoms with E-state index in [1.165, 1.54) is 0 Å². The molecule has 0 saturated carbocycles. The molecular weight excluding hydrogens is 447 g/mol. The van der Waals surface area contributed by atoms with Crippen molar-refractivity contribution in [3.05, 3.63) is 18.2 Å². The molecule has 0 spiro atoms. The van der Waals surface area contributed by atoms with Crippen LogP contribution >= 0.6 is 24.0 Å². The van der Waals surface area contributed by atoms with Crippen molar-refractivity contribution in [3.63, 3.8) is 0 Å². The Morgan fingerprint density at radius 1 is 1.19 bits per heavy atom. The van der Waals surface area contributed by atoms with Crippen molar-refractivity contribution in [3.8, 4) is 11.5 Å². The zero-order valence-corrected chi connectivity index (χ0v) is 18.6. The minimum absolute atomic E-state index is 0. The quantitative estimate of drug-likeness (QED) is 0.372. The van der Waals surface area contributed by atoms with Crippen molar-refractivity contribution in [2.45, 2.75) is 18.4 Å². The first-order valence-corrected chi connectivity index (χ1v) is 8.49. The maximum absolute atomic E-state index is 5.52. The standard InChI is InChI=1S/C18H30N4O3.HI/c1-19-17(20-13-18(22(2)3)8-10-25-11-9-18)21-14-6-7-15(23-4)16(12-14)24-5;/h6-7,12H,8-11,13H2,1-5H3,(H2,19,20,21);1H. The minimum atomic E-state index is 0. The van der Waals surface area contributed by atoms with Crippen molar-refractivity contribution in [2.24, 2.45) is 4.99 Å². The van der Waals surface area contributed by atoms with Gasteiger partial charge < -0.3 is 29.7 Å². The van der Waals surface area contributed by atoms with E-state index in [0.29, 0.717) is 11.5 Å². The van der Waals surface area contributed by atoms with Crippen LogP contribution in [-0.2, 0) is 4.74 Å². The lowest BCUT2D eigenvalue weighted by Crippen LogP contribution is -2.56. The molecule has 148 valence electrons. The first-order valence-electron chi connectivity index (χ1n) is 8.49. The highest BCUT2D eigenvalue weighted by Gasteiger charge is 2.34. The number of guanidine groups is 1. The Labute approximate surface area is 173 Å². The summed E-state index contributed by atoms with van der Waals surface area (Å²) in [5, 5.41) is 6.75. The zero-order valence-electron chi connectivity index (χ0n) is 16.3. The van der Waals surface area contributed by atoms with Crippen molar-refractivity contribution in [1.82, 2.24) is 10.2 Å². The number of nitrogens with one attached hydrogen (secondary N) is 2. The highest BCUT2D eigenvalue weighted by Crippen LogP contribution is 2.30. The summed E-state index contributed by atoms with van der Waals surface area (Å²) in [7, 11) is 9.26. The SMILES string of the molecule is CN=C(NCC1(N(C)C)CCOCC1)Nc1ccc(OC)c(OC)c1.I. The van der Waals surface area contributed by atoms with Gasteiger partial charge in [0.2, 0.25) is 0 Å². The summed E-state index contributed by atoms with van der Waals surface area (Å²) in [5.74, 6) is 2.10. The molecule has 26 heavy (non-hydrogen) atoms. The van der Waals surface area contributed by atoms with Crippen LogP contribution in [0.25, 0.3) is 0 Å². The van der Waals surface area contributed by atoms with Crippen LogP contribution in [0.5, 0.6) is 11.5 Å². The van der Waals surface area contributed by atoms with Crippen LogP contribution in [-0.4, -0.2) is 71.5 Å². The lowest BCUT2D eigenvalue weighted by Gasteiger charge is -2.43. The van der Waals surface area contributed by atoms with Crippen LogP contribution in [0.4, 0.5) is 5.69 Å². The van der Waals surface area contributed by atoms with E-state index < -0.39 is 0 Å². The van der Waals surface area contributed by atoms with Gasteiger partial charge in [-0.15, -0.1) is 24.0 Å². The van der Waals surface area contributed by atoms with Gasteiger partial charge >= 0.3 is 0 Å². The van der Waals surface area contributed by atoms with E-state index in [9.17, 15) is 0 Å². The van der Waals surface area contributed by atoms with Gasteiger partial charge in [-0.1, -0.05) is 0 Å². The van der Waals surface area contributed by atoms with Crippen LogP contribution < -0.4 is 20.1 Å². The second-order valence-corrected chi connectivity index (χ2v) is 6.35. The molecule has 8 heteroatoms. The lowest BCUT2D eigenvalue weighted by atomic mass is 9.88. The molecule has 7 nitrogen and oxygen atoms in total. The summed E-state index contributed by atoms with van der Waals surface area (Å²) < 4.78 is 16.1. The Morgan fingerprint density at radius 3 is 2.38 bits per heavy atom. The Balaban J connectivity index is 0.00000338. The highest BCUT2D eigenvalue weighted by atomic mass is 127. The Kier molecular flexibility index (Phi) is 9.45. The second-order valence-electron chi connectivity index (χ2n) is 6.35. The molecule has 1 aromatic carbocycles. The summed E-state index contributed by atoms with van der Waals surface area (Å²) in [5.41, 5.74) is 0.963. The van der Waals surface area contributed by atoms with Gasteiger partial charge in [0.25, 0.3) is 0 Å². The van der Waals surface area contributed by atoms with Crippen LogP contribution in [0.3, 0.4) is 0 Å². The maximum Gasteiger partial charge on any atom is 0.195 e. The molecule has 0 bridgehead atoms. The van der Waals surface area contributed by atoms with Crippen molar-refractivity contribution in [2.75, 3.05) is 60.4 Å². The van der Waals surface area contributed by atoms with E-state index in [-0.39, 0.29) is 29.5 Å². The van der Waals surface area contributed by atoms with Gasteiger partial charge in [0.1, 0.15) is 0 Å². The van der Waals surface area contributed by atoms with Gasteiger partial charge in [-0.2, -0.15) is 0 Å². The number of hydrogen-bond donors (Lipinski definition) is 2. The van der Waals surface area contributed by atoms with Crippen molar-refractivity contribution >= 4 is 35.6 Å². The number of halogens is 1. The van der Waals surface area contributed by atoms with Crippen LogP contribution in [0, 0.1) is 0 Å². The van der Waals surface area contributed by atoms with E-state index in [1.807, 2.05) is 18.2 Å². The normalized spacial score (nSPS) is 16.6. The topological polar surface area (TPSA) is 67.4 Å². The van der Waals surface area contributed by atoms with E-state index in [1.54, 1.807) is 21.3 Å². The molecule has 0 radical (unpaired) electrons.